The maximum absolute atomic E-state index is 13.0. The lowest BCUT2D eigenvalue weighted by atomic mass is 9.77. The van der Waals surface area contributed by atoms with Crippen LogP contribution in [0, 0.1) is 11.8 Å². The standard InChI is InChI=1S/C19H21NO4/c1-3-12-5-7-13(8-6-12)20-11-19-10-9-14(24-19)15(16(19)17(20)21)18(22)23-4-2/h5-10,14-16H,3-4,11H2,1-2H3/t14-,15+,16-,19+/m1/s1. The smallest absolute Gasteiger partial charge is 0.312 e. The van der Waals surface area contributed by atoms with Gasteiger partial charge in [0.15, 0.2) is 0 Å². The van der Waals surface area contributed by atoms with Crippen molar-refractivity contribution in [3.8, 4) is 0 Å². The van der Waals surface area contributed by atoms with Crippen LogP contribution in [0.5, 0.6) is 0 Å². The van der Waals surface area contributed by atoms with E-state index in [1.54, 1.807) is 11.8 Å². The number of amides is 1. The van der Waals surface area contributed by atoms with Crippen LogP contribution in [0.4, 0.5) is 5.69 Å². The van der Waals surface area contributed by atoms with E-state index in [9.17, 15) is 9.59 Å². The van der Waals surface area contributed by atoms with Gasteiger partial charge in [-0.2, -0.15) is 0 Å². The fraction of sp³-hybridized carbons (Fsp3) is 0.474. The van der Waals surface area contributed by atoms with Crippen molar-refractivity contribution in [1.29, 1.82) is 0 Å². The molecule has 0 aromatic heterocycles. The highest BCUT2D eigenvalue weighted by molar-refractivity contribution is 6.02. The molecule has 4 rings (SSSR count). The number of anilines is 1. The molecule has 1 amide bonds. The van der Waals surface area contributed by atoms with E-state index < -0.39 is 17.4 Å². The van der Waals surface area contributed by atoms with Crippen LogP contribution >= 0.6 is 0 Å². The number of carbonyl (C=O) groups excluding carboxylic acids is 2. The molecular weight excluding hydrogens is 306 g/mol. The number of rotatable bonds is 4. The van der Waals surface area contributed by atoms with Crippen LogP contribution in [0.1, 0.15) is 19.4 Å². The number of benzene rings is 1. The summed E-state index contributed by atoms with van der Waals surface area (Å²) >= 11 is 0. The SMILES string of the molecule is CCOC(=O)[C@H]1[C@H]2C=C[C@@]3(CN(c4ccc(CC)cc4)C(=O)[C@@H]13)O2. The van der Waals surface area contributed by atoms with Gasteiger partial charge in [-0.05, 0) is 31.0 Å². The predicted molar refractivity (Wildman–Crippen MR) is 88.5 cm³/mol. The normalized spacial score (nSPS) is 33.2. The number of ether oxygens (including phenoxy) is 2. The van der Waals surface area contributed by atoms with Crippen molar-refractivity contribution in [2.45, 2.75) is 32.0 Å². The molecule has 4 atom stereocenters. The molecular formula is C19H21NO4. The Morgan fingerprint density at radius 3 is 2.75 bits per heavy atom. The van der Waals surface area contributed by atoms with Gasteiger partial charge in [0.05, 0.1) is 25.2 Å². The summed E-state index contributed by atoms with van der Waals surface area (Å²) in [6, 6.07) is 7.99. The topological polar surface area (TPSA) is 55.8 Å². The number of fused-ring (bicyclic) bond motifs is 1. The molecule has 24 heavy (non-hydrogen) atoms. The lowest BCUT2D eigenvalue weighted by Crippen LogP contribution is -2.40. The zero-order valence-electron chi connectivity index (χ0n) is 13.9. The molecule has 2 saturated heterocycles. The molecule has 3 aliphatic heterocycles. The first-order valence-electron chi connectivity index (χ1n) is 8.54. The Balaban J connectivity index is 1.65. The van der Waals surface area contributed by atoms with Gasteiger partial charge >= 0.3 is 5.97 Å². The summed E-state index contributed by atoms with van der Waals surface area (Å²) in [5.74, 6) is -1.42. The molecule has 0 unspecified atom stereocenters. The van der Waals surface area contributed by atoms with Crippen molar-refractivity contribution in [2.24, 2.45) is 11.8 Å². The number of hydrogen-bond donors (Lipinski definition) is 0. The van der Waals surface area contributed by atoms with Crippen molar-refractivity contribution in [1.82, 2.24) is 0 Å². The third-order valence-electron chi connectivity index (χ3n) is 5.32. The molecule has 0 radical (unpaired) electrons. The third kappa shape index (κ3) is 2.04. The van der Waals surface area contributed by atoms with Gasteiger partial charge < -0.3 is 14.4 Å². The minimum atomic E-state index is -0.692. The van der Waals surface area contributed by atoms with Crippen molar-refractivity contribution in [3.05, 3.63) is 42.0 Å². The molecule has 5 heteroatoms. The molecule has 1 aromatic rings. The van der Waals surface area contributed by atoms with Crippen molar-refractivity contribution < 1.29 is 19.1 Å². The van der Waals surface area contributed by atoms with Gasteiger partial charge in [0.1, 0.15) is 11.5 Å². The van der Waals surface area contributed by atoms with E-state index in [2.05, 4.69) is 6.92 Å². The zero-order valence-corrected chi connectivity index (χ0v) is 13.9. The quantitative estimate of drug-likeness (QED) is 0.628. The first kappa shape index (κ1) is 15.4. The summed E-state index contributed by atoms with van der Waals surface area (Å²) in [4.78, 5) is 27.1. The van der Waals surface area contributed by atoms with Crippen LogP contribution in [0.15, 0.2) is 36.4 Å². The minimum Gasteiger partial charge on any atom is -0.466 e. The van der Waals surface area contributed by atoms with Crippen molar-refractivity contribution >= 4 is 17.6 Å². The molecule has 1 aromatic carbocycles. The largest absolute Gasteiger partial charge is 0.466 e. The van der Waals surface area contributed by atoms with Gasteiger partial charge in [0.25, 0.3) is 0 Å². The minimum absolute atomic E-state index is 0.0517. The fourth-order valence-corrected chi connectivity index (χ4v) is 4.14. The van der Waals surface area contributed by atoms with Crippen LogP contribution < -0.4 is 4.90 Å². The highest BCUT2D eigenvalue weighted by Gasteiger charge is 2.67. The summed E-state index contributed by atoms with van der Waals surface area (Å²) in [5, 5.41) is 0. The molecule has 3 aliphatic rings. The molecule has 0 saturated carbocycles. The maximum Gasteiger partial charge on any atom is 0.312 e. The first-order valence-corrected chi connectivity index (χ1v) is 8.54. The second kappa shape index (κ2) is 5.45. The second-order valence-corrected chi connectivity index (χ2v) is 6.60. The van der Waals surface area contributed by atoms with E-state index in [1.807, 2.05) is 36.4 Å². The molecule has 0 N–H and O–H groups in total. The highest BCUT2D eigenvalue weighted by atomic mass is 16.6. The van der Waals surface area contributed by atoms with E-state index in [4.69, 9.17) is 9.47 Å². The van der Waals surface area contributed by atoms with Crippen molar-refractivity contribution in [2.75, 3.05) is 18.1 Å². The summed E-state index contributed by atoms with van der Waals surface area (Å²) in [6.07, 6.45) is 4.47. The van der Waals surface area contributed by atoms with Crippen LogP contribution in [-0.2, 0) is 25.5 Å². The van der Waals surface area contributed by atoms with E-state index in [0.29, 0.717) is 13.2 Å². The van der Waals surface area contributed by atoms with Crippen LogP contribution in [0.2, 0.25) is 0 Å². The lowest BCUT2D eigenvalue weighted by molar-refractivity contribution is -0.151. The van der Waals surface area contributed by atoms with E-state index in [1.165, 1.54) is 5.56 Å². The Morgan fingerprint density at radius 1 is 1.33 bits per heavy atom. The van der Waals surface area contributed by atoms with Crippen molar-refractivity contribution in [3.63, 3.8) is 0 Å². The van der Waals surface area contributed by atoms with Gasteiger partial charge in [-0.15, -0.1) is 0 Å². The highest BCUT2D eigenvalue weighted by Crippen LogP contribution is 2.52. The molecule has 3 heterocycles. The van der Waals surface area contributed by atoms with Gasteiger partial charge in [-0.3, -0.25) is 9.59 Å². The number of hydrogen-bond acceptors (Lipinski definition) is 4. The molecule has 1 spiro atoms. The van der Waals surface area contributed by atoms with Gasteiger partial charge in [0, 0.05) is 5.69 Å². The Labute approximate surface area is 141 Å². The third-order valence-corrected chi connectivity index (χ3v) is 5.32. The second-order valence-electron chi connectivity index (χ2n) is 6.60. The Kier molecular flexibility index (Phi) is 3.49. The monoisotopic (exact) mass is 327 g/mol. The summed E-state index contributed by atoms with van der Waals surface area (Å²) in [6.45, 7) is 4.63. The van der Waals surface area contributed by atoms with E-state index in [-0.39, 0.29) is 18.0 Å². The summed E-state index contributed by atoms with van der Waals surface area (Å²) < 4.78 is 11.2. The molecule has 126 valence electrons. The molecule has 2 fully saturated rings. The average Bonchev–Trinajstić information content (AvgIpc) is 3.23. The Bertz CT molecular complexity index is 711. The average molecular weight is 327 g/mol. The zero-order chi connectivity index (χ0) is 16.9. The number of nitrogens with zero attached hydrogens (tertiary/aromatic N) is 1. The number of aryl methyl sites for hydroxylation is 1. The first-order chi connectivity index (χ1) is 11.6. The van der Waals surface area contributed by atoms with Gasteiger partial charge in [-0.1, -0.05) is 31.2 Å². The Morgan fingerprint density at radius 2 is 2.08 bits per heavy atom. The molecule has 2 bridgehead atoms. The van der Waals surface area contributed by atoms with Crippen LogP contribution in [0.3, 0.4) is 0 Å². The van der Waals surface area contributed by atoms with E-state index >= 15 is 0 Å². The van der Waals surface area contributed by atoms with Crippen LogP contribution in [0.25, 0.3) is 0 Å². The van der Waals surface area contributed by atoms with Gasteiger partial charge in [-0.25, -0.2) is 0 Å². The maximum atomic E-state index is 13.0. The summed E-state index contributed by atoms with van der Waals surface area (Å²) in [5.41, 5.74) is 1.39. The lowest BCUT2D eigenvalue weighted by Gasteiger charge is -2.22. The Hall–Kier alpha value is -2.14. The van der Waals surface area contributed by atoms with Crippen LogP contribution in [-0.4, -0.2) is 36.7 Å². The fourth-order valence-electron chi connectivity index (χ4n) is 4.14. The van der Waals surface area contributed by atoms with Gasteiger partial charge in [0.2, 0.25) is 5.91 Å². The molecule has 5 nitrogen and oxygen atoms in total. The number of carbonyl (C=O) groups is 2. The molecule has 0 aliphatic carbocycles. The number of esters is 1. The predicted octanol–water partition coefficient (Wildman–Crippen LogP) is 2.10. The summed E-state index contributed by atoms with van der Waals surface area (Å²) in [7, 11) is 0. The van der Waals surface area contributed by atoms with E-state index in [0.717, 1.165) is 12.1 Å².